The summed E-state index contributed by atoms with van der Waals surface area (Å²) in [5.74, 6) is -1.60. The van der Waals surface area contributed by atoms with Crippen molar-refractivity contribution < 1.29 is 24.2 Å². The van der Waals surface area contributed by atoms with Crippen LogP contribution in [0.4, 0.5) is 0 Å². The van der Waals surface area contributed by atoms with Crippen LogP contribution in [-0.4, -0.2) is 79.2 Å². The number of carbonyl (C=O) groups excluding carboxylic acids is 2. The Morgan fingerprint density at radius 2 is 2.17 bits per heavy atom. The molecule has 1 fully saturated rings. The van der Waals surface area contributed by atoms with E-state index in [-0.39, 0.29) is 42.1 Å². The van der Waals surface area contributed by atoms with Crippen molar-refractivity contribution in [3.8, 4) is 0 Å². The van der Waals surface area contributed by atoms with Gasteiger partial charge in [0.05, 0.1) is 19.6 Å². The molecule has 3 N–H and O–H groups in total. The summed E-state index contributed by atoms with van der Waals surface area (Å²) >= 11 is 3.87. The highest BCUT2D eigenvalue weighted by Crippen LogP contribution is 2.41. The molecule has 2 aliphatic rings. The molecule has 2 aromatic heterocycles. The van der Waals surface area contributed by atoms with Gasteiger partial charge in [-0.1, -0.05) is 17.8 Å². The SMILES string of the molecule is COCCn1c(SCC2=C(C(=O)O)N3C(=O)[C@@H](NC(=O)Cc4cccs4)[C@H]3SC2)n[nH]c(=O)c1=O. The molecule has 35 heavy (non-hydrogen) atoms. The number of amides is 2. The number of thiophene rings is 1. The number of hydrogen-bond acceptors (Lipinski definition) is 10. The van der Waals surface area contributed by atoms with Crippen molar-refractivity contribution in [1.29, 1.82) is 0 Å². The zero-order valence-corrected chi connectivity index (χ0v) is 20.8. The number of aliphatic carboxylic acids is 1. The van der Waals surface area contributed by atoms with E-state index in [0.717, 1.165) is 16.6 Å². The molecule has 4 heterocycles. The number of methoxy groups -OCH3 is 1. The first-order valence-corrected chi connectivity index (χ1v) is 13.3. The summed E-state index contributed by atoms with van der Waals surface area (Å²) in [4.78, 5) is 63.1. The lowest BCUT2D eigenvalue weighted by molar-refractivity contribution is -0.150. The maximum atomic E-state index is 12.8. The molecule has 0 aromatic carbocycles. The van der Waals surface area contributed by atoms with Crippen molar-refractivity contribution in [2.75, 3.05) is 25.2 Å². The number of β-lactam (4-membered cyclic amide) rings is 1. The molecule has 2 atom stereocenters. The van der Waals surface area contributed by atoms with Gasteiger partial charge in [0.1, 0.15) is 17.1 Å². The second-order valence-corrected chi connectivity index (χ2v) is 10.6. The lowest BCUT2D eigenvalue weighted by atomic mass is 10.0. The van der Waals surface area contributed by atoms with Gasteiger partial charge in [-0.3, -0.25) is 28.6 Å². The number of carbonyl (C=O) groups is 3. The third-order valence-corrected chi connectivity index (χ3v) is 8.58. The van der Waals surface area contributed by atoms with Crippen LogP contribution in [0.25, 0.3) is 0 Å². The lowest BCUT2D eigenvalue weighted by Gasteiger charge is -2.49. The molecule has 0 radical (unpaired) electrons. The first kappa shape index (κ1) is 25.2. The minimum Gasteiger partial charge on any atom is -0.477 e. The van der Waals surface area contributed by atoms with Crippen LogP contribution in [0, 0.1) is 0 Å². The average Bonchev–Trinajstić information content (AvgIpc) is 3.34. The summed E-state index contributed by atoms with van der Waals surface area (Å²) < 4.78 is 6.14. The molecule has 12 nitrogen and oxygen atoms in total. The predicted octanol–water partition coefficient (Wildman–Crippen LogP) is -0.287. The minimum absolute atomic E-state index is 0.105. The average molecular weight is 540 g/mol. The molecule has 0 bridgehead atoms. The number of fused-ring (bicyclic) bond motifs is 1. The van der Waals surface area contributed by atoms with Gasteiger partial charge in [0.2, 0.25) is 5.91 Å². The number of nitrogens with one attached hydrogen (secondary N) is 2. The van der Waals surface area contributed by atoms with Crippen LogP contribution in [0.2, 0.25) is 0 Å². The van der Waals surface area contributed by atoms with Crippen LogP contribution in [-0.2, 0) is 32.1 Å². The molecule has 0 unspecified atom stereocenters. The number of aromatic nitrogens is 3. The number of H-pyrrole nitrogens is 1. The number of nitrogens with zero attached hydrogens (tertiary/aromatic N) is 3. The summed E-state index contributed by atoms with van der Waals surface area (Å²) in [6, 6.07) is 2.87. The van der Waals surface area contributed by atoms with E-state index in [4.69, 9.17) is 4.74 Å². The molecule has 2 aromatic rings. The van der Waals surface area contributed by atoms with Gasteiger partial charge in [-0.2, -0.15) is 0 Å². The molecule has 0 spiro atoms. The standard InChI is InChI=1S/C20H21N5O7S3/c1-32-5-4-24-17(29)15(27)22-23-20(24)35-9-10-8-34-18-13(16(28)25(18)14(10)19(30)31)21-12(26)7-11-3-2-6-33-11/h2-3,6,13,18H,4-5,7-9H2,1H3,(H,21,26)(H,22,27)(H,30,31)/t13-,18-/m1/s1. The molecule has 4 rings (SSSR count). The summed E-state index contributed by atoms with van der Waals surface area (Å²) in [5, 5.41) is 20.2. The van der Waals surface area contributed by atoms with Gasteiger partial charge in [0.15, 0.2) is 5.16 Å². The Labute approximate surface area is 210 Å². The smallest absolute Gasteiger partial charge is 0.352 e. The fraction of sp³-hybridized carbons (Fsp3) is 0.400. The molecule has 0 saturated carbocycles. The molecule has 2 aliphatic heterocycles. The Morgan fingerprint density at radius 1 is 1.37 bits per heavy atom. The van der Waals surface area contributed by atoms with E-state index in [1.165, 1.54) is 39.7 Å². The van der Waals surface area contributed by atoms with E-state index in [0.29, 0.717) is 11.3 Å². The maximum absolute atomic E-state index is 12.8. The molecule has 1 saturated heterocycles. The number of hydrogen-bond donors (Lipinski definition) is 3. The summed E-state index contributed by atoms with van der Waals surface area (Å²) in [6.07, 6.45) is 0.152. The summed E-state index contributed by atoms with van der Waals surface area (Å²) in [6.45, 7) is 0.286. The molecule has 15 heteroatoms. The van der Waals surface area contributed by atoms with Crippen molar-refractivity contribution in [2.24, 2.45) is 0 Å². The quantitative estimate of drug-likeness (QED) is 0.208. The molecular weight excluding hydrogens is 518 g/mol. The van der Waals surface area contributed by atoms with Gasteiger partial charge in [-0.05, 0) is 17.0 Å². The monoisotopic (exact) mass is 539 g/mol. The first-order valence-electron chi connectivity index (χ1n) is 10.3. The number of aromatic amines is 1. The van der Waals surface area contributed by atoms with Gasteiger partial charge >= 0.3 is 17.1 Å². The molecule has 0 aliphatic carbocycles. The molecule has 186 valence electrons. The Balaban J connectivity index is 1.48. The zero-order valence-electron chi connectivity index (χ0n) is 18.4. The van der Waals surface area contributed by atoms with Gasteiger partial charge in [-0.25, -0.2) is 9.89 Å². The van der Waals surface area contributed by atoms with E-state index < -0.39 is 34.4 Å². The van der Waals surface area contributed by atoms with Crippen LogP contribution in [0.5, 0.6) is 0 Å². The largest absolute Gasteiger partial charge is 0.477 e. The van der Waals surface area contributed by atoms with E-state index in [2.05, 4.69) is 15.5 Å². The fourth-order valence-electron chi connectivity index (χ4n) is 3.65. The zero-order chi connectivity index (χ0) is 25.1. The van der Waals surface area contributed by atoms with E-state index in [1.54, 1.807) is 0 Å². The topological polar surface area (TPSA) is 164 Å². The fourth-order valence-corrected chi connectivity index (χ4v) is 6.81. The summed E-state index contributed by atoms with van der Waals surface area (Å²) in [5.41, 5.74) is -1.32. The van der Waals surface area contributed by atoms with Gasteiger partial charge in [0, 0.05) is 23.5 Å². The third kappa shape index (κ3) is 5.22. The van der Waals surface area contributed by atoms with Crippen LogP contribution in [0.15, 0.2) is 43.5 Å². The second-order valence-electron chi connectivity index (χ2n) is 7.54. The molecular formula is C20H21N5O7S3. The van der Waals surface area contributed by atoms with Crippen molar-refractivity contribution in [3.63, 3.8) is 0 Å². The minimum atomic E-state index is -1.26. The van der Waals surface area contributed by atoms with Crippen LogP contribution >= 0.6 is 34.9 Å². The summed E-state index contributed by atoms with van der Waals surface area (Å²) in [7, 11) is 1.46. The van der Waals surface area contributed by atoms with Crippen LogP contribution in [0.1, 0.15) is 4.88 Å². The number of carboxylic acids is 1. The van der Waals surface area contributed by atoms with Crippen LogP contribution in [0.3, 0.4) is 0 Å². The van der Waals surface area contributed by atoms with E-state index in [1.807, 2.05) is 17.5 Å². The van der Waals surface area contributed by atoms with Crippen molar-refractivity contribution in [3.05, 3.63) is 54.4 Å². The first-order chi connectivity index (χ1) is 16.8. The van der Waals surface area contributed by atoms with Gasteiger partial charge < -0.3 is 15.2 Å². The number of rotatable bonds is 10. The number of ether oxygens (including phenoxy) is 1. The maximum Gasteiger partial charge on any atom is 0.352 e. The Kier molecular flexibility index (Phi) is 7.78. The van der Waals surface area contributed by atoms with Crippen molar-refractivity contribution in [1.82, 2.24) is 25.0 Å². The highest BCUT2D eigenvalue weighted by molar-refractivity contribution is 8.01. The van der Waals surface area contributed by atoms with Crippen LogP contribution < -0.4 is 16.4 Å². The second kappa shape index (κ2) is 10.8. The highest BCUT2D eigenvalue weighted by Gasteiger charge is 2.54. The van der Waals surface area contributed by atoms with Gasteiger partial charge in [0.25, 0.3) is 5.91 Å². The Bertz CT molecular complexity index is 1290. The Hall–Kier alpha value is -2.88. The van der Waals surface area contributed by atoms with Gasteiger partial charge in [-0.15, -0.1) is 28.2 Å². The van der Waals surface area contributed by atoms with E-state index in [9.17, 15) is 29.1 Å². The normalized spacial score (nSPS) is 19.3. The number of carboxylic acid groups (broad SMARTS) is 1. The predicted molar refractivity (Wildman–Crippen MR) is 129 cm³/mol. The Morgan fingerprint density at radius 3 is 2.86 bits per heavy atom. The third-order valence-electron chi connectivity index (χ3n) is 5.30. The number of thioether (sulfide) groups is 2. The lowest BCUT2D eigenvalue weighted by Crippen LogP contribution is -2.70. The highest BCUT2D eigenvalue weighted by atomic mass is 32.2. The molecule has 2 amide bonds. The van der Waals surface area contributed by atoms with Crippen molar-refractivity contribution >= 4 is 52.6 Å². The van der Waals surface area contributed by atoms with E-state index >= 15 is 0 Å². The van der Waals surface area contributed by atoms with Crippen molar-refractivity contribution in [2.45, 2.75) is 29.5 Å².